The van der Waals surface area contributed by atoms with Crippen LogP contribution < -0.4 is 0 Å². The van der Waals surface area contributed by atoms with E-state index in [1.165, 1.54) is 6.42 Å². The average molecular weight is 198 g/mol. The summed E-state index contributed by atoms with van der Waals surface area (Å²) in [5.74, 6) is -0.259. The van der Waals surface area contributed by atoms with Crippen LogP contribution in [-0.4, -0.2) is 19.0 Å². The van der Waals surface area contributed by atoms with E-state index in [9.17, 15) is 0 Å². The van der Waals surface area contributed by atoms with Gasteiger partial charge in [-0.1, -0.05) is 27.7 Å². The zero-order chi connectivity index (χ0) is 10.4. The monoisotopic (exact) mass is 198 g/mol. The van der Waals surface area contributed by atoms with Gasteiger partial charge in [-0.25, -0.2) is 0 Å². The van der Waals surface area contributed by atoms with Crippen LogP contribution in [0, 0.1) is 10.8 Å². The minimum absolute atomic E-state index is 0.259. The second kappa shape index (κ2) is 2.96. The third kappa shape index (κ3) is 1.96. The van der Waals surface area contributed by atoms with Gasteiger partial charge in [0, 0.05) is 12.8 Å². The van der Waals surface area contributed by atoms with Crippen molar-refractivity contribution in [2.24, 2.45) is 10.8 Å². The molecular weight excluding hydrogens is 176 g/mol. The second-order valence-electron chi connectivity index (χ2n) is 6.47. The molecule has 0 radical (unpaired) electrons. The fourth-order valence-electron chi connectivity index (χ4n) is 3.64. The first-order chi connectivity index (χ1) is 6.33. The molecule has 2 nitrogen and oxygen atoms in total. The Hall–Kier alpha value is -0.0800. The maximum absolute atomic E-state index is 5.83. The Kier molecular flexibility index (Phi) is 2.20. The van der Waals surface area contributed by atoms with Crippen molar-refractivity contribution in [2.75, 3.05) is 13.2 Å². The van der Waals surface area contributed by atoms with E-state index in [2.05, 4.69) is 27.7 Å². The summed E-state index contributed by atoms with van der Waals surface area (Å²) in [6, 6.07) is 0. The van der Waals surface area contributed by atoms with Gasteiger partial charge in [0.05, 0.1) is 13.2 Å². The van der Waals surface area contributed by atoms with Crippen LogP contribution in [-0.2, 0) is 9.47 Å². The fraction of sp³-hybridized carbons (Fsp3) is 1.00. The molecule has 0 unspecified atom stereocenters. The third-order valence-corrected chi connectivity index (χ3v) is 3.27. The van der Waals surface area contributed by atoms with Crippen LogP contribution in [0.15, 0.2) is 0 Å². The van der Waals surface area contributed by atoms with Crippen molar-refractivity contribution >= 4 is 0 Å². The third-order valence-electron chi connectivity index (χ3n) is 3.27. The molecule has 1 aliphatic carbocycles. The van der Waals surface area contributed by atoms with Gasteiger partial charge in [-0.3, -0.25) is 0 Å². The SMILES string of the molecule is CC1(C)CC(C)(C)CC2(C1)OCCO2. The molecule has 2 rings (SSSR count). The van der Waals surface area contributed by atoms with Crippen LogP contribution in [0.4, 0.5) is 0 Å². The summed E-state index contributed by atoms with van der Waals surface area (Å²) in [5, 5.41) is 0. The summed E-state index contributed by atoms with van der Waals surface area (Å²) in [4.78, 5) is 0. The van der Waals surface area contributed by atoms with Gasteiger partial charge < -0.3 is 9.47 Å². The van der Waals surface area contributed by atoms with Gasteiger partial charge in [-0.15, -0.1) is 0 Å². The molecule has 2 fully saturated rings. The van der Waals surface area contributed by atoms with Crippen molar-refractivity contribution in [3.8, 4) is 0 Å². The van der Waals surface area contributed by atoms with Gasteiger partial charge in [0.2, 0.25) is 0 Å². The van der Waals surface area contributed by atoms with Crippen molar-refractivity contribution in [1.29, 1.82) is 0 Å². The van der Waals surface area contributed by atoms with Gasteiger partial charge in [0.1, 0.15) is 0 Å². The van der Waals surface area contributed by atoms with Crippen LogP contribution in [0.1, 0.15) is 47.0 Å². The lowest BCUT2D eigenvalue weighted by Gasteiger charge is -2.48. The quantitative estimate of drug-likeness (QED) is 0.596. The first kappa shape index (κ1) is 10.4. The molecule has 82 valence electrons. The van der Waals surface area contributed by atoms with Gasteiger partial charge in [-0.2, -0.15) is 0 Å². The Balaban J connectivity index is 2.20. The lowest BCUT2D eigenvalue weighted by molar-refractivity contribution is -0.221. The predicted molar refractivity (Wildman–Crippen MR) is 56.0 cm³/mol. The maximum Gasteiger partial charge on any atom is 0.169 e. The highest BCUT2D eigenvalue weighted by Gasteiger charge is 2.50. The van der Waals surface area contributed by atoms with Crippen LogP contribution in [0.25, 0.3) is 0 Å². The van der Waals surface area contributed by atoms with Crippen molar-refractivity contribution < 1.29 is 9.47 Å². The lowest BCUT2D eigenvalue weighted by atomic mass is 9.63. The van der Waals surface area contributed by atoms with Crippen LogP contribution >= 0.6 is 0 Å². The van der Waals surface area contributed by atoms with E-state index in [0.29, 0.717) is 10.8 Å². The average Bonchev–Trinajstić information content (AvgIpc) is 2.27. The van der Waals surface area contributed by atoms with Gasteiger partial charge in [-0.05, 0) is 17.3 Å². The van der Waals surface area contributed by atoms with E-state index in [-0.39, 0.29) is 5.79 Å². The molecule has 0 amide bonds. The normalized spacial score (nSPS) is 33.4. The molecule has 1 saturated heterocycles. The maximum atomic E-state index is 5.83. The van der Waals surface area contributed by atoms with E-state index in [1.54, 1.807) is 0 Å². The minimum Gasteiger partial charge on any atom is -0.347 e. The van der Waals surface area contributed by atoms with Gasteiger partial charge >= 0.3 is 0 Å². The minimum atomic E-state index is -0.259. The molecule has 0 N–H and O–H groups in total. The van der Waals surface area contributed by atoms with E-state index in [4.69, 9.17) is 9.47 Å². The summed E-state index contributed by atoms with van der Waals surface area (Å²) >= 11 is 0. The Morgan fingerprint density at radius 3 is 1.57 bits per heavy atom. The standard InChI is InChI=1S/C12H22O2/c1-10(2)7-11(3,4)9-12(8-10)13-5-6-14-12/h5-9H2,1-4H3. The highest BCUT2D eigenvalue weighted by Crippen LogP contribution is 2.52. The second-order valence-corrected chi connectivity index (χ2v) is 6.47. The van der Waals surface area contributed by atoms with E-state index in [1.807, 2.05) is 0 Å². The highest BCUT2D eigenvalue weighted by atomic mass is 16.7. The van der Waals surface area contributed by atoms with Crippen LogP contribution in [0.3, 0.4) is 0 Å². The Morgan fingerprint density at radius 1 is 0.714 bits per heavy atom. The molecule has 0 bridgehead atoms. The lowest BCUT2D eigenvalue weighted by Crippen LogP contribution is -2.46. The van der Waals surface area contributed by atoms with Crippen LogP contribution in [0.5, 0.6) is 0 Å². The van der Waals surface area contributed by atoms with Crippen molar-refractivity contribution in [1.82, 2.24) is 0 Å². The van der Waals surface area contributed by atoms with Gasteiger partial charge in [0.25, 0.3) is 0 Å². The zero-order valence-electron chi connectivity index (χ0n) is 9.85. The van der Waals surface area contributed by atoms with Crippen molar-refractivity contribution in [3.63, 3.8) is 0 Å². The smallest absolute Gasteiger partial charge is 0.169 e. The largest absolute Gasteiger partial charge is 0.347 e. The van der Waals surface area contributed by atoms with E-state index in [0.717, 1.165) is 26.1 Å². The Labute approximate surface area is 87.0 Å². The predicted octanol–water partition coefficient (Wildman–Crippen LogP) is 2.97. The molecule has 0 aromatic heterocycles. The first-order valence-electron chi connectivity index (χ1n) is 5.61. The molecule has 1 saturated carbocycles. The van der Waals surface area contributed by atoms with E-state index < -0.39 is 0 Å². The molecular formula is C12H22O2. The molecule has 1 heterocycles. The highest BCUT2D eigenvalue weighted by molar-refractivity contribution is 4.95. The van der Waals surface area contributed by atoms with Crippen LogP contribution in [0.2, 0.25) is 0 Å². The Bertz CT molecular complexity index is 206. The van der Waals surface area contributed by atoms with Crippen molar-refractivity contribution in [2.45, 2.75) is 52.7 Å². The zero-order valence-corrected chi connectivity index (χ0v) is 9.85. The molecule has 0 atom stereocenters. The van der Waals surface area contributed by atoms with Gasteiger partial charge in [0.15, 0.2) is 5.79 Å². The summed E-state index contributed by atoms with van der Waals surface area (Å²) in [6.45, 7) is 10.8. The molecule has 2 aliphatic rings. The number of hydrogen-bond donors (Lipinski definition) is 0. The summed E-state index contributed by atoms with van der Waals surface area (Å²) < 4.78 is 11.7. The molecule has 2 heteroatoms. The summed E-state index contributed by atoms with van der Waals surface area (Å²) in [7, 11) is 0. The fourth-order valence-corrected chi connectivity index (χ4v) is 3.64. The molecule has 0 aromatic rings. The molecule has 14 heavy (non-hydrogen) atoms. The van der Waals surface area contributed by atoms with E-state index >= 15 is 0 Å². The molecule has 1 spiro atoms. The first-order valence-corrected chi connectivity index (χ1v) is 5.61. The Morgan fingerprint density at radius 2 is 1.14 bits per heavy atom. The van der Waals surface area contributed by atoms with Crippen molar-refractivity contribution in [3.05, 3.63) is 0 Å². The molecule has 1 aliphatic heterocycles. The summed E-state index contributed by atoms with van der Waals surface area (Å²) in [6.07, 6.45) is 3.35. The number of hydrogen-bond acceptors (Lipinski definition) is 2. The topological polar surface area (TPSA) is 18.5 Å². The number of ether oxygens (including phenoxy) is 2. The number of rotatable bonds is 0. The summed E-state index contributed by atoms with van der Waals surface area (Å²) in [5.41, 5.74) is 0.679. The molecule has 0 aromatic carbocycles.